The zero-order chi connectivity index (χ0) is 13.4. The van der Waals surface area contributed by atoms with E-state index in [-0.39, 0.29) is 6.42 Å². The normalized spacial score (nSPS) is 27.7. The van der Waals surface area contributed by atoms with Crippen LogP contribution in [0.5, 0.6) is 0 Å². The van der Waals surface area contributed by atoms with Crippen LogP contribution in [0.2, 0.25) is 0 Å². The number of aromatic nitrogens is 2. The first-order chi connectivity index (χ1) is 8.45. The van der Waals surface area contributed by atoms with E-state index in [4.69, 9.17) is 9.84 Å². The van der Waals surface area contributed by atoms with Crippen LogP contribution >= 0.6 is 0 Å². The standard InChI is InChI=1S/C9H10F2N2O5/c10-4-2-12(9(17)13(11)8(4)16)7-1-5(15)6(3-14)18-7/h2,5-7,14-15H,1,3H2/t5-,6+,7+/m0/s1. The van der Waals surface area contributed by atoms with E-state index < -0.39 is 46.9 Å². The summed E-state index contributed by atoms with van der Waals surface area (Å²) >= 11 is 0. The van der Waals surface area contributed by atoms with Crippen molar-refractivity contribution in [2.45, 2.75) is 24.9 Å². The Bertz CT molecular complexity index is 569. The van der Waals surface area contributed by atoms with E-state index in [0.717, 1.165) is 0 Å². The zero-order valence-corrected chi connectivity index (χ0v) is 8.99. The Morgan fingerprint density at radius 1 is 1.50 bits per heavy atom. The molecule has 0 bridgehead atoms. The zero-order valence-electron chi connectivity index (χ0n) is 8.99. The van der Waals surface area contributed by atoms with Crippen LogP contribution < -0.4 is 11.2 Å². The van der Waals surface area contributed by atoms with Gasteiger partial charge in [0.05, 0.1) is 18.9 Å². The van der Waals surface area contributed by atoms with E-state index in [2.05, 4.69) is 0 Å². The topological polar surface area (TPSA) is 93.7 Å². The minimum Gasteiger partial charge on any atom is -0.394 e. The lowest BCUT2D eigenvalue weighted by molar-refractivity contribution is -0.0473. The Kier molecular flexibility index (Phi) is 3.28. The second kappa shape index (κ2) is 4.59. The van der Waals surface area contributed by atoms with Crippen molar-refractivity contribution >= 4 is 0 Å². The SMILES string of the molecule is O=c1c(F)cn([C@H]2C[C@H](O)[C@@H](CO)O2)c(=O)n1F. The lowest BCUT2D eigenvalue weighted by Crippen LogP contribution is -2.39. The molecule has 0 saturated carbocycles. The van der Waals surface area contributed by atoms with Gasteiger partial charge >= 0.3 is 11.2 Å². The van der Waals surface area contributed by atoms with Crippen LogP contribution in [0, 0.1) is 5.82 Å². The highest BCUT2D eigenvalue weighted by atomic mass is 19.2. The summed E-state index contributed by atoms with van der Waals surface area (Å²) in [6, 6.07) is 0. The van der Waals surface area contributed by atoms with Gasteiger partial charge in [0.15, 0.2) is 0 Å². The quantitative estimate of drug-likeness (QED) is 0.679. The summed E-state index contributed by atoms with van der Waals surface area (Å²) < 4.78 is 31.7. The van der Waals surface area contributed by atoms with Crippen molar-refractivity contribution < 1.29 is 23.8 Å². The second-order valence-corrected chi connectivity index (χ2v) is 3.87. The number of ether oxygens (including phenoxy) is 1. The third-order valence-electron chi connectivity index (χ3n) is 2.72. The molecule has 0 aromatic carbocycles. The molecular weight excluding hydrogens is 254 g/mol. The second-order valence-electron chi connectivity index (χ2n) is 3.87. The number of aliphatic hydroxyl groups excluding tert-OH is 2. The van der Waals surface area contributed by atoms with Gasteiger partial charge in [-0.25, -0.2) is 4.79 Å². The van der Waals surface area contributed by atoms with Crippen molar-refractivity contribution in [3.63, 3.8) is 0 Å². The molecule has 7 nitrogen and oxygen atoms in total. The molecule has 0 unspecified atom stereocenters. The Morgan fingerprint density at radius 2 is 2.17 bits per heavy atom. The van der Waals surface area contributed by atoms with E-state index in [1.54, 1.807) is 0 Å². The minimum atomic E-state index is -1.69. The highest BCUT2D eigenvalue weighted by Crippen LogP contribution is 2.27. The van der Waals surface area contributed by atoms with Gasteiger partial charge in [0.1, 0.15) is 12.3 Å². The Labute approximate surface area is 98.4 Å². The predicted octanol–water partition coefficient (Wildman–Crippen LogP) is -1.48. The molecule has 1 aliphatic rings. The van der Waals surface area contributed by atoms with Crippen LogP contribution in [0.1, 0.15) is 12.6 Å². The summed E-state index contributed by atoms with van der Waals surface area (Å²) in [5, 5.41) is 18.3. The van der Waals surface area contributed by atoms with Crippen molar-refractivity contribution in [2.24, 2.45) is 0 Å². The number of halogens is 2. The van der Waals surface area contributed by atoms with Gasteiger partial charge in [0, 0.05) is 6.42 Å². The molecule has 0 aliphatic carbocycles. The maximum atomic E-state index is 13.0. The predicted molar refractivity (Wildman–Crippen MR) is 53.0 cm³/mol. The van der Waals surface area contributed by atoms with Crippen LogP contribution in [0.4, 0.5) is 8.87 Å². The van der Waals surface area contributed by atoms with Crippen molar-refractivity contribution in [3.8, 4) is 0 Å². The van der Waals surface area contributed by atoms with Gasteiger partial charge in [-0.1, -0.05) is 9.27 Å². The van der Waals surface area contributed by atoms with Gasteiger partial charge in [0.2, 0.25) is 5.82 Å². The van der Waals surface area contributed by atoms with Gasteiger partial charge < -0.3 is 14.9 Å². The van der Waals surface area contributed by atoms with Crippen LogP contribution in [0.25, 0.3) is 0 Å². The molecule has 2 N–H and O–H groups in total. The van der Waals surface area contributed by atoms with Crippen LogP contribution in [0.15, 0.2) is 15.8 Å². The Morgan fingerprint density at radius 3 is 2.72 bits per heavy atom. The van der Waals surface area contributed by atoms with Crippen LogP contribution in [-0.4, -0.2) is 38.4 Å². The number of hydrogen-bond acceptors (Lipinski definition) is 5. The van der Waals surface area contributed by atoms with Crippen molar-refractivity contribution in [1.82, 2.24) is 9.36 Å². The lowest BCUT2D eigenvalue weighted by atomic mass is 10.2. The molecular formula is C9H10F2N2O5. The van der Waals surface area contributed by atoms with Gasteiger partial charge in [-0.3, -0.25) is 9.36 Å². The Balaban J connectivity index is 2.42. The maximum absolute atomic E-state index is 13.0. The third-order valence-corrected chi connectivity index (χ3v) is 2.72. The summed E-state index contributed by atoms with van der Waals surface area (Å²) in [6.45, 7) is -0.496. The van der Waals surface area contributed by atoms with Crippen molar-refractivity contribution in [3.05, 3.63) is 32.9 Å². The minimum absolute atomic E-state index is 0.122. The van der Waals surface area contributed by atoms with Crippen LogP contribution in [-0.2, 0) is 4.74 Å². The molecule has 18 heavy (non-hydrogen) atoms. The van der Waals surface area contributed by atoms with Gasteiger partial charge in [0.25, 0.3) is 0 Å². The van der Waals surface area contributed by atoms with E-state index in [1.165, 1.54) is 0 Å². The fourth-order valence-corrected chi connectivity index (χ4v) is 1.77. The average molecular weight is 264 g/mol. The average Bonchev–Trinajstić information content (AvgIpc) is 2.72. The molecule has 2 rings (SSSR count). The molecule has 9 heteroatoms. The van der Waals surface area contributed by atoms with Crippen LogP contribution in [0.3, 0.4) is 0 Å². The smallest absolute Gasteiger partial charge is 0.362 e. The molecule has 3 atom stereocenters. The van der Waals surface area contributed by atoms with E-state index in [0.29, 0.717) is 10.8 Å². The highest BCUT2D eigenvalue weighted by molar-refractivity contribution is 4.92. The third kappa shape index (κ3) is 1.96. The van der Waals surface area contributed by atoms with Gasteiger partial charge in [-0.15, -0.1) is 0 Å². The largest absolute Gasteiger partial charge is 0.394 e. The highest BCUT2D eigenvalue weighted by Gasteiger charge is 2.35. The first kappa shape index (κ1) is 12.9. The van der Waals surface area contributed by atoms with Gasteiger partial charge in [-0.05, 0) is 0 Å². The molecule has 2 heterocycles. The molecule has 0 spiro atoms. The number of nitrogens with zero attached hydrogens (tertiary/aromatic N) is 2. The molecule has 1 aliphatic heterocycles. The summed E-state index contributed by atoms with van der Waals surface area (Å²) in [5.41, 5.74) is -3.09. The molecule has 0 amide bonds. The Hall–Kier alpha value is -1.58. The number of hydrogen-bond donors (Lipinski definition) is 2. The maximum Gasteiger partial charge on any atom is 0.362 e. The first-order valence-electron chi connectivity index (χ1n) is 5.10. The molecule has 1 aromatic heterocycles. The summed E-state index contributed by atoms with van der Waals surface area (Å²) in [4.78, 5) is 21.3. The number of aliphatic hydroxyl groups is 2. The van der Waals surface area contributed by atoms with E-state index >= 15 is 0 Å². The summed E-state index contributed by atoms with van der Waals surface area (Å²) in [7, 11) is 0. The molecule has 1 fully saturated rings. The van der Waals surface area contributed by atoms with E-state index in [1.807, 2.05) is 0 Å². The molecule has 1 saturated heterocycles. The van der Waals surface area contributed by atoms with E-state index in [9.17, 15) is 23.6 Å². The fraction of sp³-hybridized carbons (Fsp3) is 0.556. The molecule has 0 radical (unpaired) electrons. The van der Waals surface area contributed by atoms with Crippen molar-refractivity contribution in [1.29, 1.82) is 0 Å². The lowest BCUT2D eigenvalue weighted by Gasteiger charge is -2.14. The fourth-order valence-electron chi connectivity index (χ4n) is 1.77. The molecule has 100 valence electrons. The first-order valence-corrected chi connectivity index (χ1v) is 5.10. The van der Waals surface area contributed by atoms with Gasteiger partial charge in [-0.2, -0.15) is 4.39 Å². The monoisotopic (exact) mass is 264 g/mol. The summed E-state index contributed by atoms with van der Waals surface area (Å²) in [5.74, 6) is -1.46. The number of rotatable bonds is 2. The molecule has 1 aromatic rings. The van der Waals surface area contributed by atoms with Crippen molar-refractivity contribution in [2.75, 3.05) is 6.61 Å². The summed E-state index contributed by atoms with van der Waals surface area (Å²) in [6.07, 6.45) is -2.75.